The van der Waals surface area contributed by atoms with E-state index in [2.05, 4.69) is 44.3 Å². The summed E-state index contributed by atoms with van der Waals surface area (Å²) in [7, 11) is 1.99. The van der Waals surface area contributed by atoms with Gasteiger partial charge in [-0.25, -0.2) is 0 Å². The Kier molecular flexibility index (Phi) is 4.55. The van der Waals surface area contributed by atoms with Gasteiger partial charge in [0.1, 0.15) is 0 Å². The molecule has 0 spiro atoms. The number of nitrogens with zero attached hydrogens (tertiary/aromatic N) is 2. The molecule has 4 nitrogen and oxygen atoms in total. The standard InChI is InChI=1S/C16H30N4/c1-11(12-6-7-12)9-18-14(8-17)13-10-20(5)19-15(13)16(2,3)4/h10-12,14,18H,6-9,17H2,1-5H3. The fraction of sp³-hybridized carbons (Fsp3) is 0.812. The monoisotopic (exact) mass is 278 g/mol. The van der Waals surface area contributed by atoms with Crippen LogP contribution in [0.5, 0.6) is 0 Å². The van der Waals surface area contributed by atoms with E-state index in [4.69, 9.17) is 5.73 Å². The van der Waals surface area contributed by atoms with Crippen LogP contribution >= 0.6 is 0 Å². The Bertz CT molecular complexity index is 440. The minimum atomic E-state index is 0.0494. The lowest BCUT2D eigenvalue weighted by atomic mass is 9.87. The third-order valence-electron chi connectivity index (χ3n) is 4.29. The summed E-state index contributed by atoms with van der Waals surface area (Å²) in [4.78, 5) is 0. The molecule has 1 aliphatic carbocycles. The lowest BCUT2D eigenvalue weighted by Gasteiger charge is -2.24. The normalized spacial score (nSPS) is 19.1. The number of hydrogen-bond acceptors (Lipinski definition) is 3. The molecule has 0 amide bonds. The van der Waals surface area contributed by atoms with Crippen molar-refractivity contribution in [1.29, 1.82) is 0 Å². The summed E-state index contributed by atoms with van der Waals surface area (Å²) in [5.41, 5.74) is 8.46. The maximum atomic E-state index is 6.00. The van der Waals surface area contributed by atoms with Crippen LogP contribution in [0, 0.1) is 11.8 Å². The van der Waals surface area contributed by atoms with E-state index in [-0.39, 0.29) is 11.5 Å². The molecule has 1 fully saturated rings. The Balaban J connectivity index is 2.10. The fourth-order valence-corrected chi connectivity index (χ4v) is 2.83. The first-order chi connectivity index (χ1) is 9.32. The molecule has 0 aromatic carbocycles. The van der Waals surface area contributed by atoms with Gasteiger partial charge in [-0.15, -0.1) is 0 Å². The zero-order chi connectivity index (χ0) is 14.9. The van der Waals surface area contributed by atoms with Crippen molar-refractivity contribution < 1.29 is 0 Å². The van der Waals surface area contributed by atoms with Crippen molar-refractivity contribution in [2.45, 2.75) is 52.0 Å². The zero-order valence-electron chi connectivity index (χ0n) is 13.6. The first-order valence-corrected chi connectivity index (χ1v) is 7.80. The molecule has 1 saturated carbocycles. The van der Waals surface area contributed by atoms with Crippen LogP contribution in [0.3, 0.4) is 0 Å². The highest BCUT2D eigenvalue weighted by Gasteiger charge is 2.29. The molecule has 20 heavy (non-hydrogen) atoms. The molecular weight excluding hydrogens is 248 g/mol. The maximum absolute atomic E-state index is 6.00. The molecule has 2 unspecified atom stereocenters. The largest absolute Gasteiger partial charge is 0.329 e. The SMILES string of the molecule is CC(CNC(CN)c1cn(C)nc1C(C)(C)C)C1CC1. The van der Waals surface area contributed by atoms with Gasteiger partial charge in [0.2, 0.25) is 0 Å². The van der Waals surface area contributed by atoms with Gasteiger partial charge in [-0.2, -0.15) is 5.10 Å². The van der Waals surface area contributed by atoms with Crippen LogP contribution in [-0.2, 0) is 12.5 Å². The van der Waals surface area contributed by atoms with Gasteiger partial charge < -0.3 is 11.1 Å². The first-order valence-electron chi connectivity index (χ1n) is 7.80. The summed E-state index contributed by atoms with van der Waals surface area (Å²) >= 11 is 0. The molecule has 1 aromatic rings. The summed E-state index contributed by atoms with van der Waals surface area (Å²) in [6, 6.07) is 0.208. The van der Waals surface area contributed by atoms with Crippen molar-refractivity contribution in [2.75, 3.05) is 13.1 Å². The van der Waals surface area contributed by atoms with E-state index in [0.717, 1.165) is 24.1 Å². The minimum Gasteiger partial charge on any atom is -0.329 e. The van der Waals surface area contributed by atoms with Crippen molar-refractivity contribution in [3.63, 3.8) is 0 Å². The molecule has 1 aliphatic rings. The molecule has 1 aromatic heterocycles. The van der Waals surface area contributed by atoms with Crippen LogP contribution in [-0.4, -0.2) is 22.9 Å². The second-order valence-electron chi connectivity index (χ2n) is 7.37. The third kappa shape index (κ3) is 3.61. The van der Waals surface area contributed by atoms with Gasteiger partial charge in [-0.05, 0) is 31.2 Å². The Morgan fingerprint density at radius 1 is 1.45 bits per heavy atom. The van der Waals surface area contributed by atoms with Crippen LogP contribution in [0.1, 0.15) is 57.8 Å². The van der Waals surface area contributed by atoms with Gasteiger partial charge in [0.15, 0.2) is 0 Å². The Hall–Kier alpha value is -0.870. The van der Waals surface area contributed by atoms with E-state index in [1.165, 1.54) is 18.4 Å². The average Bonchev–Trinajstić information content (AvgIpc) is 3.12. The Labute approximate surface area is 123 Å². The molecule has 2 rings (SSSR count). The summed E-state index contributed by atoms with van der Waals surface area (Å²) < 4.78 is 1.91. The van der Waals surface area contributed by atoms with E-state index in [1.807, 2.05) is 11.7 Å². The fourth-order valence-electron chi connectivity index (χ4n) is 2.83. The van der Waals surface area contributed by atoms with Crippen molar-refractivity contribution in [3.05, 3.63) is 17.5 Å². The molecule has 0 saturated heterocycles. The van der Waals surface area contributed by atoms with Gasteiger partial charge in [0, 0.05) is 36.8 Å². The topological polar surface area (TPSA) is 55.9 Å². The Morgan fingerprint density at radius 3 is 2.60 bits per heavy atom. The number of nitrogens with two attached hydrogens (primary N) is 1. The van der Waals surface area contributed by atoms with Crippen molar-refractivity contribution in [2.24, 2.45) is 24.6 Å². The second kappa shape index (κ2) is 5.86. The van der Waals surface area contributed by atoms with Crippen LogP contribution in [0.25, 0.3) is 0 Å². The van der Waals surface area contributed by atoms with Crippen LogP contribution in [0.4, 0.5) is 0 Å². The van der Waals surface area contributed by atoms with Crippen molar-refractivity contribution in [3.8, 4) is 0 Å². The van der Waals surface area contributed by atoms with Crippen LogP contribution in [0.2, 0.25) is 0 Å². The summed E-state index contributed by atoms with van der Waals surface area (Å²) in [6.45, 7) is 10.6. The van der Waals surface area contributed by atoms with Crippen LogP contribution in [0.15, 0.2) is 6.20 Å². The second-order valence-corrected chi connectivity index (χ2v) is 7.37. The highest BCUT2D eigenvalue weighted by molar-refractivity contribution is 5.27. The number of rotatable bonds is 6. The highest BCUT2D eigenvalue weighted by atomic mass is 15.3. The van der Waals surface area contributed by atoms with E-state index in [1.54, 1.807) is 0 Å². The van der Waals surface area contributed by atoms with Gasteiger partial charge in [-0.3, -0.25) is 4.68 Å². The number of nitrogens with one attached hydrogen (secondary N) is 1. The summed E-state index contributed by atoms with van der Waals surface area (Å²) in [5.74, 6) is 1.68. The third-order valence-corrected chi connectivity index (χ3v) is 4.29. The average molecular weight is 278 g/mol. The van der Waals surface area contributed by atoms with E-state index in [0.29, 0.717) is 6.54 Å². The summed E-state index contributed by atoms with van der Waals surface area (Å²) in [6.07, 6.45) is 4.92. The Morgan fingerprint density at radius 2 is 2.10 bits per heavy atom. The predicted molar refractivity (Wildman–Crippen MR) is 83.6 cm³/mol. The molecule has 3 N–H and O–H groups in total. The number of aryl methyl sites for hydroxylation is 1. The van der Waals surface area contributed by atoms with Gasteiger partial charge in [-0.1, -0.05) is 27.7 Å². The number of hydrogen-bond donors (Lipinski definition) is 2. The molecule has 114 valence electrons. The van der Waals surface area contributed by atoms with Crippen molar-refractivity contribution >= 4 is 0 Å². The molecule has 0 aliphatic heterocycles. The maximum Gasteiger partial charge on any atom is 0.0726 e. The van der Waals surface area contributed by atoms with Gasteiger partial charge in [0.05, 0.1) is 5.69 Å². The van der Waals surface area contributed by atoms with E-state index < -0.39 is 0 Å². The van der Waals surface area contributed by atoms with Crippen LogP contribution < -0.4 is 11.1 Å². The molecule has 4 heteroatoms. The molecular formula is C16H30N4. The lowest BCUT2D eigenvalue weighted by Crippen LogP contribution is -2.33. The predicted octanol–water partition coefficient (Wildman–Crippen LogP) is 2.35. The highest BCUT2D eigenvalue weighted by Crippen LogP contribution is 2.36. The smallest absolute Gasteiger partial charge is 0.0726 e. The molecule has 2 atom stereocenters. The van der Waals surface area contributed by atoms with Crippen molar-refractivity contribution in [1.82, 2.24) is 15.1 Å². The molecule has 1 heterocycles. The molecule has 0 bridgehead atoms. The minimum absolute atomic E-state index is 0.0494. The van der Waals surface area contributed by atoms with Gasteiger partial charge in [0.25, 0.3) is 0 Å². The van der Waals surface area contributed by atoms with E-state index >= 15 is 0 Å². The lowest BCUT2D eigenvalue weighted by molar-refractivity contribution is 0.418. The molecule has 0 radical (unpaired) electrons. The van der Waals surface area contributed by atoms with E-state index in [9.17, 15) is 0 Å². The van der Waals surface area contributed by atoms with Gasteiger partial charge >= 0.3 is 0 Å². The first kappa shape index (κ1) is 15.5. The summed E-state index contributed by atoms with van der Waals surface area (Å²) in [5, 5.41) is 8.30. The zero-order valence-corrected chi connectivity index (χ0v) is 13.6. The number of aromatic nitrogens is 2. The quantitative estimate of drug-likeness (QED) is 0.840.